The van der Waals surface area contributed by atoms with E-state index in [0.717, 1.165) is 46.7 Å². The predicted molar refractivity (Wildman–Crippen MR) is 96.2 cm³/mol. The summed E-state index contributed by atoms with van der Waals surface area (Å²) in [6.07, 6.45) is 0. The van der Waals surface area contributed by atoms with Crippen LogP contribution in [0.25, 0.3) is 16.7 Å². The van der Waals surface area contributed by atoms with E-state index in [1.54, 1.807) is 0 Å². The number of fused-ring (bicyclic) bond motifs is 4. The fraction of sp³-hybridized carbons (Fsp3) is 0.333. The Balaban J connectivity index is 0.00000157. The molecule has 2 aliphatic rings. The van der Waals surface area contributed by atoms with Crippen molar-refractivity contribution < 1.29 is 9.47 Å². The molecule has 1 aromatic carbocycles. The first kappa shape index (κ1) is 16.2. The minimum absolute atomic E-state index is 0. The summed E-state index contributed by atoms with van der Waals surface area (Å²) in [4.78, 5) is 7.08. The van der Waals surface area contributed by atoms with Gasteiger partial charge in [-0.1, -0.05) is 12.1 Å². The zero-order valence-electron chi connectivity index (χ0n) is 13.6. The lowest BCUT2D eigenvalue weighted by Crippen LogP contribution is -2.38. The summed E-state index contributed by atoms with van der Waals surface area (Å²) in [6, 6.07) is 10.4. The zero-order chi connectivity index (χ0) is 16.1. The molecule has 0 spiro atoms. The van der Waals surface area contributed by atoms with Gasteiger partial charge in [0.1, 0.15) is 17.5 Å². The minimum atomic E-state index is 0. The van der Waals surface area contributed by atoms with Gasteiger partial charge >= 0.3 is 0 Å². The first-order chi connectivity index (χ1) is 11.9. The van der Waals surface area contributed by atoms with E-state index >= 15 is 0 Å². The molecule has 3 aromatic rings. The van der Waals surface area contributed by atoms with E-state index in [-0.39, 0.29) is 12.4 Å². The number of hydrogen-bond donors (Lipinski definition) is 0. The Morgan fingerprint density at radius 1 is 1.04 bits per heavy atom. The van der Waals surface area contributed by atoms with Crippen LogP contribution in [0, 0.1) is 11.3 Å². The normalized spacial score (nSPS) is 16.7. The van der Waals surface area contributed by atoms with E-state index in [0.29, 0.717) is 32.0 Å². The van der Waals surface area contributed by atoms with E-state index in [1.165, 1.54) is 0 Å². The maximum atomic E-state index is 9.73. The van der Waals surface area contributed by atoms with Gasteiger partial charge < -0.3 is 14.4 Å². The van der Waals surface area contributed by atoms with Crippen LogP contribution in [0.1, 0.15) is 16.7 Å². The second-order valence-electron chi connectivity index (χ2n) is 6.12. The summed E-state index contributed by atoms with van der Waals surface area (Å²) in [7, 11) is 0. The third-order valence-corrected chi connectivity index (χ3v) is 4.85. The standard InChI is InChI=1S/C18H16N4O2.ClH/c19-9-12-13-10-24-11-14(13)18(21-5-7-23-8-6-21)22-16-4-2-1-3-15(16)20-17(12)22;/h1-4H,5-8,10-11H2;1H. The largest absolute Gasteiger partial charge is 0.378 e. The monoisotopic (exact) mass is 356 g/mol. The highest BCUT2D eigenvalue weighted by Crippen LogP contribution is 2.37. The average molecular weight is 357 g/mol. The topological polar surface area (TPSA) is 62.8 Å². The van der Waals surface area contributed by atoms with Gasteiger partial charge in [0.25, 0.3) is 0 Å². The van der Waals surface area contributed by atoms with Crippen molar-refractivity contribution >= 4 is 34.9 Å². The summed E-state index contributed by atoms with van der Waals surface area (Å²) in [5.41, 5.74) is 5.40. The Morgan fingerprint density at radius 2 is 1.80 bits per heavy atom. The van der Waals surface area contributed by atoms with Gasteiger partial charge in [0.2, 0.25) is 0 Å². The van der Waals surface area contributed by atoms with Gasteiger partial charge in [-0.25, -0.2) is 4.98 Å². The molecule has 25 heavy (non-hydrogen) atoms. The smallest absolute Gasteiger partial charge is 0.157 e. The lowest BCUT2D eigenvalue weighted by atomic mass is 10.1. The molecule has 7 heteroatoms. The van der Waals surface area contributed by atoms with Crippen LogP contribution in [0.5, 0.6) is 0 Å². The number of pyridine rings is 1. The first-order valence-corrected chi connectivity index (χ1v) is 8.14. The van der Waals surface area contributed by atoms with Crippen LogP contribution in [-0.2, 0) is 22.7 Å². The van der Waals surface area contributed by atoms with E-state index in [1.807, 2.05) is 18.2 Å². The molecule has 0 aliphatic carbocycles. The second-order valence-corrected chi connectivity index (χ2v) is 6.12. The van der Waals surface area contributed by atoms with Gasteiger partial charge in [0.15, 0.2) is 5.65 Å². The van der Waals surface area contributed by atoms with Crippen molar-refractivity contribution in [2.45, 2.75) is 13.2 Å². The van der Waals surface area contributed by atoms with Gasteiger partial charge in [0, 0.05) is 24.2 Å². The molecule has 6 nitrogen and oxygen atoms in total. The van der Waals surface area contributed by atoms with Crippen LogP contribution in [0.15, 0.2) is 24.3 Å². The van der Waals surface area contributed by atoms with E-state index in [9.17, 15) is 5.26 Å². The lowest BCUT2D eigenvalue weighted by molar-refractivity contribution is 0.121. The number of anilines is 1. The SMILES string of the molecule is Cl.N#Cc1c2c(c(N3CCOCC3)n3c1nc1ccccc13)COC2. The molecule has 0 bridgehead atoms. The number of ether oxygens (including phenoxy) is 2. The lowest BCUT2D eigenvalue weighted by Gasteiger charge is -2.31. The van der Waals surface area contributed by atoms with Gasteiger partial charge in [0.05, 0.1) is 37.5 Å². The molecule has 0 radical (unpaired) electrons. The number of benzene rings is 1. The van der Waals surface area contributed by atoms with Crippen LogP contribution in [0.2, 0.25) is 0 Å². The summed E-state index contributed by atoms with van der Waals surface area (Å²) in [5, 5.41) is 9.73. The van der Waals surface area contributed by atoms with Gasteiger partial charge in [-0.05, 0) is 12.1 Å². The number of hydrogen-bond acceptors (Lipinski definition) is 5. The molecule has 1 saturated heterocycles. The van der Waals surface area contributed by atoms with Crippen LogP contribution >= 0.6 is 12.4 Å². The molecule has 0 atom stereocenters. The van der Waals surface area contributed by atoms with Crippen LogP contribution < -0.4 is 4.90 Å². The van der Waals surface area contributed by atoms with Crippen LogP contribution in [-0.4, -0.2) is 35.7 Å². The molecule has 128 valence electrons. The van der Waals surface area contributed by atoms with E-state index in [2.05, 4.69) is 21.4 Å². The predicted octanol–water partition coefficient (Wildman–Crippen LogP) is 2.65. The van der Waals surface area contributed by atoms with Crippen LogP contribution in [0.4, 0.5) is 5.82 Å². The van der Waals surface area contributed by atoms with Crippen molar-refractivity contribution in [3.8, 4) is 6.07 Å². The van der Waals surface area contributed by atoms with Crippen molar-refractivity contribution in [1.29, 1.82) is 5.26 Å². The fourth-order valence-electron chi connectivity index (χ4n) is 3.75. The Morgan fingerprint density at radius 3 is 2.60 bits per heavy atom. The Kier molecular flexibility index (Phi) is 4.00. The number of nitrogens with zero attached hydrogens (tertiary/aromatic N) is 4. The number of imidazole rings is 1. The van der Waals surface area contributed by atoms with Gasteiger partial charge in [-0.2, -0.15) is 5.26 Å². The highest BCUT2D eigenvalue weighted by atomic mass is 35.5. The van der Waals surface area contributed by atoms with E-state index in [4.69, 9.17) is 14.5 Å². The Labute approximate surface area is 151 Å². The number of rotatable bonds is 1. The van der Waals surface area contributed by atoms with Crippen molar-refractivity contribution in [2.24, 2.45) is 0 Å². The molecule has 5 rings (SSSR count). The molecule has 0 unspecified atom stereocenters. The van der Waals surface area contributed by atoms with Gasteiger partial charge in [-0.3, -0.25) is 4.40 Å². The highest BCUT2D eigenvalue weighted by molar-refractivity contribution is 5.86. The van der Waals surface area contributed by atoms with E-state index < -0.39 is 0 Å². The molecular formula is C18H17ClN4O2. The molecule has 0 amide bonds. The summed E-state index contributed by atoms with van der Waals surface area (Å²) in [6.45, 7) is 4.11. The number of aromatic nitrogens is 2. The van der Waals surface area contributed by atoms with Crippen molar-refractivity contribution in [2.75, 3.05) is 31.2 Å². The molecule has 0 N–H and O–H groups in total. The molecule has 1 fully saturated rings. The molecule has 2 aliphatic heterocycles. The number of nitriles is 1. The number of para-hydroxylation sites is 2. The third-order valence-electron chi connectivity index (χ3n) is 4.85. The maximum absolute atomic E-state index is 9.73. The van der Waals surface area contributed by atoms with Gasteiger partial charge in [-0.15, -0.1) is 12.4 Å². The minimum Gasteiger partial charge on any atom is -0.378 e. The average Bonchev–Trinajstić information content (AvgIpc) is 3.25. The second kappa shape index (κ2) is 6.19. The first-order valence-electron chi connectivity index (χ1n) is 8.14. The Bertz CT molecular complexity index is 1000. The maximum Gasteiger partial charge on any atom is 0.157 e. The molecule has 2 aromatic heterocycles. The van der Waals surface area contributed by atoms with Crippen molar-refractivity contribution in [1.82, 2.24) is 9.38 Å². The molecular weight excluding hydrogens is 340 g/mol. The van der Waals surface area contributed by atoms with Crippen molar-refractivity contribution in [3.63, 3.8) is 0 Å². The summed E-state index contributed by atoms with van der Waals surface area (Å²) < 4.78 is 13.3. The fourth-order valence-corrected chi connectivity index (χ4v) is 3.75. The van der Waals surface area contributed by atoms with Crippen LogP contribution in [0.3, 0.4) is 0 Å². The zero-order valence-corrected chi connectivity index (χ0v) is 14.4. The molecule has 4 heterocycles. The highest BCUT2D eigenvalue weighted by Gasteiger charge is 2.29. The summed E-state index contributed by atoms with van der Waals surface area (Å²) >= 11 is 0. The number of morpholine rings is 1. The number of halogens is 1. The molecule has 0 saturated carbocycles. The summed E-state index contributed by atoms with van der Waals surface area (Å²) in [5.74, 6) is 1.11. The Hall–Kier alpha value is -2.33. The van der Waals surface area contributed by atoms with Crippen molar-refractivity contribution in [3.05, 3.63) is 41.0 Å². The quantitative estimate of drug-likeness (QED) is 0.670. The third kappa shape index (κ3) is 2.28.